The summed E-state index contributed by atoms with van der Waals surface area (Å²) in [5.41, 5.74) is 5.94. The molecule has 3 aromatic rings. The molecule has 35 heavy (non-hydrogen) atoms. The number of methoxy groups -OCH3 is 1. The maximum absolute atomic E-state index is 13.6. The molecule has 6 heteroatoms. The van der Waals surface area contributed by atoms with Crippen molar-refractivity contribution in [3.63, 3.8) is 0 Å². The number of aromatic nitrogens is 1. The molecule has 1 aromatic heterocycles. The lowest BCUT2D eigenvalue weighted by Gasteiger charge is -2.33. The van der Waals surface area contributed by atoms with Gasteiger partial charge < -0.3 is 15.0 Å². The first-order valence-corrected chi connectivity index (χ1v) is 12.7. The smallest absolute Gasteiger partial charge is 0.252 e. The first-order chi connectivity index (χ1) is 17.0. The molecule has 0 atom stereocenters. The van der Waals surface area contributed by atoms with Crippen LogP contribution in [0.3, 0.4) is 0 Å². The minimum absolute atomic E-state index is 0.0000477. The molecule has 0 bridgehead atoms. The molecule has 0 radical (unpaired) electrons. The van der Waals surface area contributed by atoms with Gasteiger partial charge in [0.1, 0.15) is 5.75 Å². The lowest BCUT2D eigenvalue weighted by molar-refractivity contribution is -0.131. The summed E-state index contributed by atoms with van der Waals surface area (Å²) in [7, 11) is 1.63. The number of nitrogens with one attached hydrogen (secondary N) is 1. The monoisotopic (exact) mass is 471 g/mol. The third-order valence-electron chi connectivity index (χ3n) is 7.36. The van der Waals surface area contributed by atoms with E-state index in [0.29, 0.717) is 19.5 Å². The van der Waals surface area contributed by atoms with Crippen molar-refractivity contribution in [1.82, 2.24) is 15.2 Å². The standard InChI is InChI=1S/C29H33N3O3/c1-19-11-12-25-23(17-19)28(22-8-4-5-9-24(22)31-25)29(34)30-21-13-15-32(16-14-21)27(33)18-20-7-3-6-10-26(20)35-2/h3,6-7,10-12,17,21H,4-5,8-9,13-16,18H2,1-2H3,(H,30,34). The van der Waals surface area contributed by atoms with Crippen molar-refractivity contribution >= 4 is 22.7 Å². The molecule has 1 N–H and O–H groups in total. The second-order valence-corrected chi connectivity index (χ2v) is 9.76. The molecule has 2 aromatic carbocycles. The number of piperidine rings is 1. The molecule has 2 heterocycles. The summed E-state index contributed by atoms with van der Waals surface area (Å²) >= 11 is 0. The van der Waals surface area contributed by atoms with Gasteiger partial charge in [-0.05, 0) is 69.2 Å². The molecule has 5 rings (SSSR count). The van der Waals surface area contributed by atoms with E-state index >= 15 is 0 Å². The fourth-order valence-electron chi connectivity index (χ4n) is 5.45. The number of nitrogens with zero attached hydrogens (tertiary/aromatic N) is 2. The molecule has 0 unspecified atom stereocenters. The third-order valence-corrected chi connectivity index (χ3v) is 7.36. The number of benzene rings is 2. The number of fused-ring (bicyclic) bond motifs is 2. The average molecular weight is 472 g/mol. The Bertz CT molecular complexity index is 1260. The van der Waals surface area contributed by atoms with E-state index in [0.717, 1.165) is 83.1 Å². The van der Waals surface area contributed by atoms with E-state index in [1.54, 1.807) is 7.11 Å². The lowest BCUT2D eigenvalue weighted by Crippen LogP contribution is -2.47. The predicted octanol–water partition coefficient (Wildman–Crippen LogP) is 4.39. The van der Waals surface area contributed by atoms with Crippen LogP contribution in [0.1, 0.15) is 58.4 Å². The predicted molar refractivity (Wildman–Crippen MR) is 137 cm³/mol. The molecule has 182 valence electrons. The molecular formula is C29H33N3O3. The van der Waals surface area contributed by atoms with E-state index in [1.165, 1.54) is 0 Å². The van der Waals surface area contributed by atoms with Crippen LogP contribution in [-0.4, -0.2) is 47.9 Å². The van der Waals surface area contributed by atoms with Crippen LogP contribution in [0.2, 0.25) is 0 Å². The molecule has 6 nitrogen and oxygen atoms in total. The van der Waals surface area contributed by atoms with Crippen molar-refractivity contribution in [2.75, 3.05) is 20.2 Å². The first kappa shape index (κ1) is 23.3. The highest BCUT2D eigenvalue weighted by atomic mass is 16.5. The van der Waals surface area contributed by atoms with Crippen LogP contribution < -0.4 is 10.1 Å². The third kappa shape index (κ3) is 4.88. The van der Waals surface area contributed by atoms with Gasteiger partial charge in [0.25, 0.3) is 5.91 Å². The number of carbonyl (C=O) groups is 2. The molecule has 0 spiro atoms. The molecule has 1 fully saturated rings. The Hall–Kier alpha value is -3.41. The molecule has 1 saturated heterocycles. The van der Waals surface area contributed by atoms with Gasteiger partial charge in [-0.2, -0.15) is 0 Å². The van der Waals surface area contributed by atoms with E-state index < -0.39 is 0 Å². The highest BCUT2D eigenvalue weighted by molar-refractivity contribution is 6.08. The van der Waals surface area contributed by atoms with Gasteiger partial charge in [0, 0.05) is 35.8 Å². The van der Waals surface area contributed by atoms with Gasteiger partial charge in [-0.15, -0.1) is 0 Å². The zero-order chi connectivity index (χ0) is 24.4. The summed E-state index contributed by atoms with van der Waals surface area (Å²) in [6.07, 6.45) is 5.91. The topological polar surface area (TPSA) is 71.5 Å². The highest BCUT2D eigenvalue weighted by Crippen LogP contribution is 2.30. The van der Waals surface area contributed by atoms with E-state index in [4.69, 9.17) is 9.72 Å². The SMILES string of the molecule is COc1ccccc1CC(=O)N1CCC(NC(=O)c2c3c(nc4ccc(C)cc24)CCCC3)CC1. The number of hydrogen-bond acceptors (Lipinski definition) is 4. The molecule has 2 amide bonds. The minimum atomic E-state index is -0.0000477. The van der Waals surface area contributed by atoms with Crippen LogP contribution in [0.5, 0.6) is 5.75 Å². The Morgan fingerprint density at radius 1 is 1.09 bits per heavy atom. The Morgan fingerprint density at radius 2 is 1.86 bits per heavy atom. The van der Waals surface area contributed by atoms with Crippen LogP contribution in [0.4, 0.5) is 0 Å². The van der Waals surface area contributed by atoms with E-state index in [2.05, 4.69) is 24.4 Å². The minimum Gasteiger partial charge on any atom is -0.496 e. The number of ether oxygens (including phenoxy) is 1. The Morgan fingerprint density at radius 3 is 2.66 bits per heavy atom. The molecule has 1 aliphatic carbocycles. The molecule has 0 saturated carbocycles. The summed E-state index contributed by atoms with van der Waals surface area (Å²) in [5, 5.41) is 4.25. The summed E-state index contributed by atoms with van der Waals surface area (Å²) < 4.78 is 5.39. The summed E-state index contributed by atoms with van der Waals surface area (Å²) in [5.74, 6) is 0.843. The maximum Gasteiger partial charge on any atom is 0.252 e. The van der Waals surface area contributed by atoms with Crippen LogP contribution in [0.25, 0.3) is 10.9 Å². The number of rotatable bonds is 5. The quantitative estimate of drug-likeness (QED) is 0.599. The van der Waals surface area contributed by atoms with Gasteiger partial charge in [-0.1, -0.05) is 29.8 Å². The number of likely N-dealkylation sites (tertiary alicyclic amines) is 1. The van der Waals surface area contributed by atoms with Crippen molar-refractivity contribution in [1.29, 1.82) is 0 Å². The van der Waals surface area contributed by atoms with Gasteiger partial charge in [-0.25, -0.2) is 0 Å². The van der Waals surface area contributed by atoms with Crippen molar-refractivity contribution in [2.45, 2.75) is 57.9 Å². The second-order valence-electron chi connectivity index (χ2n) is 9.76. The normalized spacial score (nSPS) is 16.1. The fourth-order valence-corrected chi connectivity index (χ4v) is 5.45. The van der Waals surface area contributed by atoms with Gasteiger partial charge in [0.2, 0.25) is 5.91 Å². The number of pyridine rings is 1. The number of para-hydroxylation sites is 1. The summed E-state index contributed by atoms with van der Waals surface area (Å²) in [4.78, 5) is 33.3. The number of carbonyl (C=O) groups excluding carboxylic acids is 2. The van der Waals surface area contributed by atoms with Crippen LogP contribution in [0, 0.1) is 6.92 Å². The highest BCUT2D eigenvalue weighted by Gasteiger charge is 2.27. The summed E-state index contributed by atoms with van der Waals surface area (Å²) in [6.45, 7) is 3.35. The van der Waals surface area contributed by atoms with Gasteiger partial charge in [0.15, 0.2) is 0 Å². The largest absolute Gasteiger partial charge is 0.496 e. The average Bonchev–Trinajstić information content (AvgIpc) is 2.88. The van der Waals surface area contributed by atoms with Crippen molar-refractivity contribution < 1.29 is 14.3 Å². The Labute approximate surface area is 206 Å². The number of amides is 2. The van der Waals surface area contributed by atoms with Crippen LogP contribution >= 0.6 is 0 Å². The zero-order valence-corrected chi connectivity index (χ0v) is 20.6. The van der Waals surface area contributed by atoms with E-state index in [-0.39, 0.29) is 17.9 Å². The van der Waals surface area contributed by atoms with Crippen molar-refractivity contribution in [3.05, 3.63) is 70.4 Å². The van der Waals surface area contributed by atoms with Gasteiger partial charge in [0.05, 0.1) is 24.6 Å². The Balaban J connectivity index is 1.27. The summed E-state index contributed by atoms with van der Waals surface area (Å²) in [6, 6.07) is 13.9. The number of hydrogen-bond donors (Lipinski definition) is 1. The fraction of sp³-hybridized carbons (Fsp3) is 0.414. The van der Waals surface area contributed by atoms with Gasteiger partial charge in [-0.3, -0.25) is 14.6 Å². The van der Waals surface area contributed by atoms with Crippen LogP contribution in [0.15, 0.2) is 42.5 Å². The zero-order valence-electron chi connectivity index (χ0n) is 20.6. The molecule has 1 aliphatic heterocycles. The van der Waals surface area contributed by atoms with Crippen molar-refractivity contribution in [3.8, 4) is 5.75 Å². The second kappa shape index (κ2) is 10.1. The first-order valence-electron chi connectivity index (χ1n) is 12.7. The van der Waals surface area contributed by atoms with E-state index in [9.17, 15) is 9.59 Å². The molecular weight excluding hydrogens is 438 g/mol. The van der Waals surface area contributed by atoms with Crippen molar-refractivity contribution in [2.24, 2.45) is 0 Å². The van der Waals surface area contributed by atoms with Crippen LogP contribution in [-0.2, 0) is 24.1 Å². The Kier molecular flexibility index (Phi) is 6.71. The lowest BCUT2D eigenvalue weighted by atomic mass is 9.89. The number of aryl methyl sites for hydroxylation is 2. The van der Waals surface area contributed by atoms with Gasteiger partial charge >= 0.3 is 0 Å². The van der Waals surface area contributed by atoms with E-state index in [1.807, 2.05) is 35.2 Å². The maximum atomic E-state index is 13.6. The molecule has 2 aliphatic rings.